The number of nitrogens with one attached hydrogen (secondary N) is 1. The monoisotopic (exact) mass is 259 g/mol. The minimum Gasteiger partial charge on any atom is -0.307 e. The minimum absolute atomic E-state index is 0.00787. The lowest BCUT2D eigenvalue weighted by atomic mass is 10.2. The Bertz CT molecular complexity index is 464. The molecule has 0 aromatic carbocycles. The average Bonchev–Trinajstić information content (AvgIpc) is 2.70. The fraction of sp³-hybridized carbons (Fsp3) is 0.636. The standard InChI is InChI=1S/C11H17NO2S2/c1-3-9-4-5-11(15-9)10-7-16(13,14)8(2)6-12-10/h4-5,8,10,12H,3,6-7H2,1-2H3. The van der Waals surface area contributed by atoms with Gasteiger partial charge in [0.1, 0.15) is 0 Å². The highest BCUT2D eigenvalue weighted by Gasteiger charge is 2.32. The molecule has 1 fully saturated rings. The Morgan fingerprint density at radius 3 is 2.81 bits per heavy atom. The second-order valence-corrected chi connectivity index (χ2v) is 7.92. The van der Waals surface area contributed by atoms with Crippen LogP contribution in [0.5, 0.6) is 0 Å². The zero-order valence-electron chi connectivity index (χ0n) is 9.56. The molecule has 0 aliphatic carbocycles. The first-order chi connectivity index (χ1) is 7.53. The maximum absolute atomic E-state index is 11.8. The molecule has 1 N–H and O–H groups in total. The van der Waals surface area contributed by atoms with Crippen molar-refractivity contribution in [2.75, 3.05) is 12.3 Å². The van der Waals surface area contributed by atoms with Crippen molar-refractivity contribution in [1.82, 2.24) is 5.32 Å². The molecule has 1 aromatic rings. The topological polar surface area (TPSA) is 46.2 Å². The average molecular weight is 259 g/mol. The first-order valence-electron chi connectivity index (χ1n) is 5.56. The van der Waals surface area contributed by atoms with Crippen LogP contribution in [0.25, 0.3) is 0 Å². The van der Waals surface area contributed by atoms with Crippen molar-refractivity contribution in [3.05, 3.63) is 21.9 Å². The van der Waals surface area contributed by atoms with E-state index in [9.17, 15) is 8.42 Å². The number of sulfone groups is 1. The normalized spacial score (nSPS) is 29.1. The van der Waals surface area contributed by atoms with Gasteiger partial charge in [0, 0.05) is 16.3 Å². The van der Waals surface area contributed by atoms with Crippen LogP contribution in [-0.4, -0.2) is 26.0 Å². The smallest absolute Gasteiger partial charge is 0.156 e. The molecule has 0 amide bonds. The highest BCUT2D eigenvalue weighted by atomic mass is 32.2. The van der Waals surface area contributed by atoms with Crippen LogP contribution in [0.1, 0.15) is 29.6 Å². The summed E-state index contributed by atoms with van der Waals surface area (Å²) in [5.41, 5.74) is 0. The lowest BCUT2D eigenvalue weighted by Crippen LogP contribution is -2.44. The summed E-state index contributed by atoms with van der Waals surface area (Å²) >= 11 is 1.71. The van der Waals surface area contributed by atoms with Crippen molar-refractivity contribution in [3.8, 4) is 0 Å². The van der Waals surface area contributed by atoms with Crippen molar-refractivity contribution in [2.45, 2.75) is 31.6 Å². The van der Waals surface area contributed by atoms with Gasteiger partial charge in [-0.1, -0.05) is 6.92 Å². The molecule has 2 unspecified atom stereocenters. The Balaban J connectivity index is 2.17. The minimum atomic E-state index is -2.91. The van der Waals surface area contributed by atoms with Gasteiger partial charge in [-0.25, -0.2) is 8.42 Å². The van der Waals surface area contributed by atoms with E-state index in [-0.39, 0.29) is 17.0 Å². The van der Waals surface area contributed by atoms with Crippen LogP contribution >= 0.6 is 11.3 Å². The molecule has 1 saturated heterocycles. The third kappa shape index (κ3) is 2.31. The van der Waals surface area contributed by atoms with E-state index in [1.165, 1.54) is 4.88 Å². The van der Waals surface area contributed by atoms with Gasteiger partial charge >= 0.3 is 0 Å². The second-order valence-electron chi connectivity index (χ2n) is 4.26. The first-order valence-corrected chi connectivity index (χ1v) is 8.09. The fourth-order valence-electron chi connectivity index (χ4n) is 1.85. The van der Waals surface area contributed by atoms with Gasteiger partial charge < -0.3 is 5.32 Å². The van der Waals surface area contributed by atoms with Gasteiger partial charge in [-0.05, 0) is 25.5 Å². The molecule has 5 heteroatoms. The van der Waals surface area contributed by atoms with Crippen LogP contribution in [0, 0.1) is 0 Å². The quantitative estimate of drug-likeness (QED) is 0.880. The largest absolute Gasteiger partial charge is 0.307 e. The molecule has 3 nitrogen and oxygen atoms in total. The predicted octanol–water partition coefficient (Wildman–Crippen LogP) is 1.76. The van der Waals surface area contributed by atoms with Crippen molar-refractivity contribution in [3.63, 3.8) is 0 Å². The summed E-state index contributed by atoms with van der Waals surface area (Å²) in [7, 11) is -2.91. The zero-order valence-corrected chi connectivity index (χ0v) is 11.2. The third-order valence-electron chi connectivity index (χ3n) is 3.04. The van der Waals surface area contributed by atoms with Gasteiger partial charge in [0.2, 0.25) is 0 Å². The maximum atomic E-state index is 11.8. The fourth-order valence-corrected chi connectivity index (χ4v) is 4.42. The molecule has 90 valence electrons. The highest BCUT2D eigenvalue weighted by molar-refractivity contribution is 7.92. The molecule has 1 aliphatic heterocycles. The lowest BCUT2D eigenvalue weighted by molar-refractivity contribution is 0.506. The number of aryl methyl sites for hydroxylation is 1. The van der Waals surface area contributed by atoms with Gasteiger partial charge in [0.05, 0.1) is 17.0 Å². The van der Waals surface area contributed by atoms with Crippen molar-refractivity contribution in [2.24, 2.45) is 0 Å². The van der Waals surface area contributed by atoms with E-state index in [2.05, 4.69) is 18.3 Å². The van der Waals surface area contributed by atoms with E-state index < -0.39 is 9.84 Å². The van der Waals surface area contributed by atoms with Crippen molar-refractivity contribution < 1.29 is 8.42 Å². The Morgan fingerprint density at radius 1 is 1.50 bits per heavy atom. The second kappa shape index (κ2) is 4.47. The van der Waals surface area contributed by atoms with Crippen LogP contribution in [0.2, 0.25) is 0 Å². The number of hydrogen-bond acceptors (Lipinski definition) is 4. The number of hydrogen-bond donors (Lipinski definition) is 1. The molecular formula is C11H17NO2S2. The molecule has 0 radical (unpaired) electrons. The molecule has 0 saturated carbocycles. The summed E-state index contributed by atoms with van der Waals surface area (Å²) in [5.74, 6) is 0.234. The van der Waals surface area contributed by atoms with Crippen molar-refractivity contribution in [1.29, 1.82) is 0 Å². The summed E-state index contributed by atoms with van der Waals surface area (Å²) in [5, 5.41) is 3.05. The Kier molecular flexibility index (Phi) is 3.37. The van der Waals surface area contributed by atoms with Gasteiger partial charge in [0.15, 0.2) is 9.84 Å². The maximum Gasteiger partial charge on any atom is 0.156 e. The van der Waals surface area contributed by atoms with Gasteiger partial charge in [-0.15, -0.1) is 11.3 Å². The lowest BCUT2D eigenvalue weighted by Gasteiger charge is -2.27. The predicted molar refractivity (Wildman–Crippen MR) is 67.7 cm³/mol. The van der Waals surface area contributed by atoms with Gasteiger partial charge in [0.25, 0.3) is 0 Å². The Hall–Kier alpha value is -0.390. The van der Waals surface area contributed by atoms with E-state index in [4.69, 9.17) is 0 Å². The first kappa shape index (κ1) is 12.1. The van der Waals surface area contributed by atoms with Crippen LogP contribution in [0.4, 0.5) is 0 Å². The van der Waals surface area contributed by atoms with E-state index in [1.807, 2.05) is 6.07 Å². The molecule has 0 spiro atoms. The molecule has 1 aromatic heterocycles. The Morgan fingerprint density at radius 2 is 2.25 bits per heavy atom. The van der Waals surface area contributed by atoms with E-state index in [1.54, 1.807) is 18.3 Å². The van der Waals surface area contributed by atoms with Crippen LogP contribution in [-0.2, 0) is 16.3 Å². The summed E-state index contributed by atoms with van der Waals surface area (Å²) in [4.78, 5) is 2.46. The molecule has 2 heterocycles. The van der Waals surface area contributed by atoms with Crippen LogP contribution in [0.3, 0.4) is 0 Å². The zero-order chi connectivity index (χ0) is 11.8. The van der Waals surface area contributed by atoms with Crippen LogP contribution < -0.4 is 5.32 Å². The van der Waals surface area contributed by atoms with Gasteiger partial charge in [-0.2, -0.15) is 0 Å². The highest BCUT2D eigenvalue weighted by Crippen LogP contribution is 2.27. The molecule has 2 rings (SSSR count). The number of thiophene rings is 1. The summed E-state index contributed by atoms with van der Waals surface area (Å²) in [6.07, 6.45) is 1.01. The third-order valence-corrected chi connectivity index (χ3v) is 6.57. The SMILES string of the molecule is CCc1ccc(C2CS(=O)(=O)C(C)CN2)s1. The Labute approximate surface area is 101 Å². The van der Waals surface area contributed by atoms with Crippen LogP contribution in [0.15, 0.2) is 12.1 Å². The molecule has 2 atom stereocenters. The summed E-state index contributed by atoms with van der Waals surface area (Å²) in [6.45, 7) is 4.44. The summed E-state index contributed by atoms with van der Waals surface area (Å²) in [6, 6.07) is 4.13. The molecular weight excluding hydrogens is 242 g/mol. The van der Waals surface area contributed by atoms with Gasteiger partial charge in [-0.3, -0.25) is 0 Å². The van der Waals surface area contributed by atoms with E-state index >= 15 is 0 Å². The van der Waals surface area contributed by atoms with Crippen molar-refractivity contribution >= 4 is 21.2 Å². The molecule has 1 aliphatic rings. The number of rotatable bonds is 2. The van der Waals surface area contributed by atoms with E-state index in [0.29, 0.717) is 6.54 Å². The summed E-state index contributed by atoms with van der Waals surface area (Å²) < 4.78 is 23.6. The van der Waals surface area contributed by atoms with E-state index in [0.717, 1.165) is 11.3 Å². The molecule has 16 heavy (non-hydrogen) atoms. The molecule has 0 bridgehead atoms.